The fraction of sp³-hybridized carbons (Fsp3) is 0.333. The van der Waals surface area contributed by atoms with Crippen molar-refractivity contribution in [2.24, 2.45) is 0 Å². The van der Waals surface area contributed by atoms with E-state index in [9.17, 15) is 9.59 Å². The summed E-state index contributed by atoms with van der Waals surface area (Å²) in [5.41, 5.74) is 2.94. The molecule has 27 heavy (non-hydrogen) atoms. The molecule has 0 radical (unpaired) electrons. The highest BCUT2D eigenvalue weighted by molar-refractivity contribution is 6.30. The number of rotatable bonds is 1. The highest BCUT2D eigenvalue weighted by Crippen LogP contribution is 2.41. The van der Waals surface area contributed by atoms with Gasteiger partial charge in [-0.25, -0.2) is 4.79 Å². The predicted molar refractivity (Wildman–Crippen MR) is 106 cm³/mol. The SMILES string of the molecule is CC1(C)CN2C(=O)CN(C(=O)Nc3ccc(Cl)cc3)CC2c2ccccc21. The normalized spacial score (nSPS) is 20.7. The smallest absolute Gasteiger partial charge is 0.322 e. The van der Waals surface area contributed by atoms with Gasteiger partial charge in [0.05, 0.1) is 6.04 Å². The van der Waals surface area contributed by atoms with Crippen molar-refractivity contribution < 1.29 is 9.59 Å². The summed E-state index contributed by atoms with van der Waals surface area (Å²) in [6.45, 7) is 5.57. The second kappa shape index (κ2) is 6.57. The van der Waals surface area contributed by atoms with E-state index in [1.165, 1.54) is 5.56 Å². The molecule has 0 aliphatic carbocycles. The van der Waals surface area contributed by atoms with Gasteiger partial charge in [-0.1, -0.05) is 49.7 Å². The Morgan fingerprint density at radius 1 is 1.15 bits per heavy atom. The summed E-state index contributed by atoms with van der Waals surface area (Å²) in [6, 6.07) is 14.8. The number of piperazine rings is 1. The summed E-state index contributed by atoms with van der Waals surface area (Å²) >= 11 is 5.89. The molecule has 2 aliphatic rings. The summed E-state index contributed by atoms with van der Waals surface area (Å²) in [7, 11) is 0. The molecule has 4 rings (SSSR count). The number of benzene rings is 2. The van der Waals surface area contributed by atoms with E-state index in [-0.39, 0.29) is 29.9 Å². The van der Waals surface area contributed by atoms with Crippen LogP contribution in [0.3, 0.4) is 0 Å². The van der Waals surface area contributed by atoms with E-state index in [1.807, 2.05) is 17.0 Å². The second-order valence-electron chi connectivity index (χ2n) is 7.83. The molecule has 0 aromatic heterocycles. The maximum absolute atomic E-state index is 12.8. The Labute approximate surface area is 163 Å². The molecule has 1 saturated heterocycles. The lowest BCUT2D eigenvalue weighted by atomic mass is 9.75. The standard InChI is InChI=1S/C21H22ClN3O2/c1-21(2)13-25-18(16-5-3-4-6-17(16)21)11-24(12-19(25)26)20(27)23-15-9-7-14(22)8-10-15/h3-10,18H,11-13H2,1-2H3,(H,23,27). The van der Waals surface area contributed by atoms with Gasteiger partial charge < -0.3 is 15.1 Å². The van der Waals surface area contributed by atoms with Crippen molar-refractivity contribution in [3.05, 3.63) is 64.7 Å². The number of anilines is 1. The van der Waals surface area contributed by atoms with Crippen LogP contribution in [0.4, 0.5) is 10.5 Å². The maximum Gasteiger partial charge on any atom is 0.322 e. The molecule has 140 valence electrons. The minimum absolute atomic E-state index is 0.0138. The van der Waals surface area contributed by atoms with Crippen LogP contribution in [0.5, 0.6) is 0 Å². The van der Waals surface area contributed by atoms with Gasteiger partial charge in [0.25, 0.3) is 0 Å². The van der Waals surface area contributed by atoms with Crippen LogP contribution in [0.15, 0.2) is 48.5 Å². The number of fused-ring (bicyclic) bond motifs is 3. The number of amides is 3. The second-order valence-corrected chi connectivity index (χ2v) is 8.26. The van der Waals surface area contributed by atoms with Crippen LogP contribution < -0.4 is 5.32 Å². The molecule has 0 saturated carbocycles. The van der Waals surface area contributed by atoms with Gasteiger partial charge in [-0.05, 0) is 35.4 Å². The number of carbonyl (C=O) groups excluding carboxylic acids is 2. The zero-order chi connectivity index (χ0) is 19.2. The molecule has 0 spiro atoms. The van der Waals surface area contributed by atoms with Crippen LogP contribution in [0.2, 0.25) is 5.02 Å². The summed E-state index contributed by atoms with van der Waals surface area (Å²) in [6.07, 6.45) is 0. The average molecular weight is 384 g/mol. The van der Waals surface area contributed by atoms with Crippen LogP contribution in [0, 0.1) is 0 Å². The van der Waals surface area contributed by atoms with E-state index in [2.05, 4.69) is 31.3 Å². The molecular weight excluding hydrogens is 362 g/mol. The Kier molecular flexibility index (Phi) is 4.35. The first-order valence-corrected chi connectivity index (χ1v) is 9.43. The van der Waals surface area contributed by atoms with Crippen molar-refractivity contribution in [3.63, 3.8) is 0 Å². The van der Waals surface area contributed by atoms with Crippen molar-refractivity contribution in [3.8, 4) is 0 Å². The van der Waals surface area contributed by atoms with Crippen LogP contribution in [0.25, 0.3) is 0 Å². The third-order valence-electron chi connectivity index (χ3n) is 5.41. The van der Waals surface area contributed by atoms with E-state index in [0.717, 1.165) is 5.56 Å². The lowest BCUT2D eigenvalue weighted by Crippen LogP contribution is -2.59. The number of halogens is 1. The van der Waals surface area contributed by atoms with Crippen molar-refractivity contribution in [2.45, 2.75) is 25.3 Å². The molecular formula is C21H22ClN3O2. The minimum atomic E-state index is -0.271. The molecule has 5 nitrogen and oxygen atoms in total. The quantitative estimate of drug-likeness (QED) is 0.807. The Morgan fingerprint density at radius 2 is 1.85 bits per heavy atom. The Balaban J connectivity index is 1.58. The van der Waals surface area contributed by atoms with Crippen molar-refractivity contribution in [1.82, 2.24) is 9.80 Å². The molecule has 1 unspecified atom stereocenters. The summed E-state index contributed by atoms with van der Waals surface area (Å²) in [4.78, 5) is 29.1. The number of carbonyl (C=O) groups is 2. The molecule has 2 aromatic rings. The zero-order valence-electron chi connectivity index (χ0n) is 15.4. The van der Waals surface area contributed by atoms with Gasteiger partial charge in [0, 0.05) is 29.2 Å². The van der Waals surface area contributed by atoms with Crippen LogP contribution in [0.1, 0.15) is 31.0 Å². The summed E-state index contributed by atoms with van der Waals surface area (Å²) in [5, 5.41) is 3.46. The van der Waals surface area contributed by atoms with E-state index in [0.29, 0.717) is 23.8 Å². The van der Waals surface area contributed by atoms with Crippen molar-refractivity contribution in [2.75, 3.05) is 25.0 Å². The van der Waals surface area contributed by atoms with Crippen molar-refractivity contribution >= 4 is 29.2 Å². The number of hydrogen-bond donors (Lipinski definition) is 1. The highest BCUT2D eigenvalue weighted by Gasteiger charge is 2.44. The fourth-order valence-electron chi connectivity index (χ4n) is 4.07. The summed E-state index contributed by atoms with van der Waals surface area (Å²) < 4.78 is 0. The van der Waals surface area contributed by atoms with E-state index >= 15 is 0 Å². The first kappa shape index (κ1) is 17.9. The van der Waals surface area contributed by atoms with Crippen molar-refractivity contribution in [1.29, 1.82) is 0 Å². The highest BCUT2D eigenvalue weighted by atomic mass is 35.5. The molecule has 0 bridgehead atoms. The minimum Gasteiger partial charge on any atom is -0.331 e. The molecule has 3 amide bonds. The van der Waals surface area contributed by atoms with Gasteiger partial charge in [0.2, 0.25) is 5.91 Å². The first-order valence-electron chi connectivity index (χ1n) is 9.05. The van der Waals surface area contributed by atoms with Gasteiger partial charge in [0.1, 0.15) is 6.54 Å². The lowest BCUT2D eigenvalue weighted by Gasteiger charge is -2.49. The van der Waals surface area contributed by atoms with Gasteiger partial charge in [-0.15, -0.1) is 0 Å². The van der Waals surface area contributed by atoms with Gasteiger partial charge >= 0.3 is 6.03 Å². The van der Waals surface area contributed by atoms with Crippen LogP contribution in [-0.2, 0) is 10.2 Å². The van der Waals surface area contributed by atoms with Crippen LogP contribution in [-0.4, -0.2) is 41.4 Å². The van der Waals surface area contributed by atoms with E-state index in [1.54, 1.807) is 29.2 Å². The molecule has 6 heteroatoms. The molecule has 1 atom stereocenters. The topological polar surface area (TPSA) is 52.7 Å². The van der Waals surface area contributed by atoms with Crippen LogP contribution >= 0.6 is 11.6 Å². The average Bonchev–Trinajstić information content (AvgIpc) is 2.64. The van der Waals surface area contributed by atoms with E-state index < -0.39 is 0 Å². The largest absolute Gasteiger partial charge is 0.331 e. The molecule has 1 fully saturated rings. The number of hydrogen-bond acceptors (Lipinski definition) is 2. The first-order chi connectivity index (χ1) is 12.8. The fourth-order valence-corrected chi connectivity index (χ4v) is 4.20. The lowest BCUT2D eigenvalue weighted by molar-refractivity contribution is -0.140. The maximum atomic E-state index is 12.8. The summed E-state index contributed by atoms with van der Waals surface area (Å²) in [5.74, 6) is -0.0138. The molecule has 2 heterocycles. The predicted octanol–water partition coefficient (Wildman–Crippen LogP) is 4.05. The van der Waals surface area contributed by atoms with Gasteiger partial charge in [-0.3, -0.25) is 4.79 Å². The monoisotopic (exact) mass is 383 g/mol. The van der Waals surface area contributed by atoms with E-state index in [4.69, 9.17) is 11.6 Å². The molecule has 1 N–H and O–H groups in total. The Morgan fingerprint density at radius 3 is 2.59 bits per heavy atom. The van der Waals surface area contributed by atoms with Gasteiger partial charge in [-0.2, -0.15) is 0 Å². The third kappa shape index (κ3) is 3.28. The zero-order valence-corrected chi connectivity index (χ0v) is 16.2. The number of nitrogens with one attached hydrogen (secondary N) is 1. The third-order valence-corrected chi connectivity index (χ3v) is 5.67. The van der Waals surface area contributed by atoms with Gasteiger partial charge in [0.15, 0.2) is 0 Å². The number of nitrogens with zero attached hydrogens (tertiary/aromatic N) is 2. The molecule has 2 aromatic carbocycles. The Bertz CT molecular complexity index is 895. The number of urea groups is 1. The Hall–Kier alpha value is -2.53. The molecule has 2 aliphatic heterocycles.